The Labute approximate surface area is 159 Å². The van der Waals surface area contributed by atoms with Gasteiger partial charge in [0.1, 0.15) is 5.82 Å². The van der Waals surface area contributed by atoms with Crippen molar-refractivity contribution in [2.45, 2.75) is 39.1 Å². The second kappa shape index (κ2) is 6.65. The topological polar surface area (TPSA) is 54.6 Å². The van der Waals surface area contributed by atoms with Crippen LogP contribution in [0.2, 0.25) is 0 Å². The summed E-state index contributed by atoms with van der Waals surface area (Å²) in [6.07, 6.45) is -0.844. The zero-order valence-corrected chi connectivity index (χ0v) is 15.2. The van der Waals surface area contributed by atoms with E-state index in [2.05, 4.69) is 4.99 Å². The Morgan fingerprint density at radius 1 is 1.33 bits per heavy atom. The van der Waals surface area contributed by atoms with Gasteiger partial charge in [-0.25, -0.2) is 4.39 Å². The average Bonchev–Trinajstić information content (AvgIpc) is 3.22. The van der Waals surface area contributed by atoms with Crippen molar-refractivity contribution in [2.24, 2.45) is 4.99 Å². The summed E-state index contributed by atoms with van der Waals surface area (Å²) in [5.74, 6) is -1.83. The number of hydrogen-bond acceptors (Lipinski definition) is 2. The molecule has 2 aromatic carbocycles. The molecule has 1 N–H and O–H groups in total. The van der Waals surface area contributed by atoms with Gasteiger partial charge in [0.25, 0.3) is 0 Å². The molecule has 0 unspecified atom stereocenters. The lowest BCUT2D eigenvalue weighted by Gasteiger charge is -2.15. The number of aliphatic imine (C=N–C) groups is 1. The first kappa shape index (κ1) is 15.1. The summed E-state index contributed by atoms with van der Waals surface area (Å²) in [5.41, 5.74) is 5.10. The molecule has 27 heavy (non-hydrogen) atoms. The molecule has 4 rings (SSSR count). The Morgan fingerprint density at radius 3 is 2.74 bits per heavy atom. The van der Waals surface area contributed by atoms with E-state index in [1.807, 2.05) is 36.8 Å². The van der Waals surface area contributed by atoms with E-state index in [1.165, 1.54) is 12.1 Å². The van der Waals surface area contributed by atoms with Crippen LogP contribution in [0.1, 0.15) is 51.3 Å². The molecule has 0 amide bonds. The predicted octanol–water partition coefficient (Wildman–Crippen LogP) is 4.84. The van der Waals surface area contributed by atoms with Crippen LogP contribution < -0.4 is 0 Å². The third kappa shape index (κ3) is 3.03. The number of aromatic nitrogens is 1. The Bertz CT molecular complexity index is 1150. The zero-order chi connectivity index (χ0) is 20.9. The fraction of sp³-hybridized carbons (Fsp3) is 0.273. The standard InChI is InChI=1S/C22H21FN2O2/c1-13(2)22-18(7-8-21(26)27)19-9-14-11-24-12-15(14)10-20(19)25(22)17-5-3-16(23)4-6-17/h3-6,9-10,12-13H,7-8,11H2,1-2H3,(H,26,27)/i8D2. The van der Waals surface area contributed by atoms with Gasteiger partial charge in [-0.2, -0.15) is 0 Å². The van der Waals surface area contributed by atoms with Gasteiger partial charge in [-0.3, -0.25) is 9.79 Å². The molecule has 4 nitrogen and oxygen atoms in total. The minimum absolute atomic E-state index is 0.00412. The summed E-state index contributed by atoms with van der Waals surface area (Å²) in [4.78, 5) is 15.8. The minimum Gasteiger partial charge on any atom is -0.481 e. The van der Waals surface area contributed by atoms with Crippen molar-refractivity contribution in [3.05, 3.63) is 64.6 Å². The average molecular weight is 366 g/mol. The molecule has 0 fully saturated rings. The summed E-state index contributed by atoms with van der Waals surface area (Å²) < 4.78 is 31.5. The van der Waals surface area contributed by atoms with Crippen LogP contribution >= 0.6 is 0 Å². The van der Waals surface area contributed by atoms with Gasteiger partial charge < -0.3 is 9.67 Å². The number of benzene rings is 2. The van der Waals surface area contributed by atoms with E-state index in [1.54, 1.807) is 12.1 Å². The normalized spacial score (nSPS) is 14.5. The molecule has 1 aliphatic rings. The van der Waals surface area contributed by atoms with Crippen LogP contribution in [-0.2, 0) is 17.8 Å². The molecule has 3 aromatic rings. The Morgan fingerprint density at radius 2 is 2.07 bits per heavy atom. The summed E-state index contributed by atoms with van der Waals surface area (Å²) in [5, 5.41) is 10.2. The first-order chi connectivity index (χ1) is 13.7. The van der Waals surface area contributed by atoms with Crippen molar-refractivity contribution in [1.29, 1.82) is 0 Å². The van der Waals surface area contributed by atoms with Gasteiger partial charge in [0.05, 0.1) is 12.1 Å². The Kier molecular flexibility index (Phi) is 3.73. The van der Waals surface area contributed by atoms with Crippen LogP contribution in [0, 0.1) is 5.82 Å². The number of hydrogen-bond donors (Lipinski definition) is 1. The van der Waals surface area contributed by atoms with E-state index in [-0.39, 0.29) is 18.2 Å². The number of aliphatic carboxylic acids is 1. The fourth-order valence-corrected chi connectivity index (χ4v) is 3.80. The molecule has 1 aromatic heterocycles. The van der Waals surface area contributed by atoms with E-state index in [0.29, 0.717) is 12.1 Å². The van der Waals surface area contributed by atoms with Crippen molar-refractivity contribution in [1.82, 2.24) is 4.57 Å². The van der Waals surface area contributed by atoms with Crippen LogP contribution in [0.15, 0.2) is 41.4 Å². The zero-order valence-electron chi connectivity index (χ0n) is 17.2. The van der Waals surface area contributed by atoms with E-state index < -0.39 is 12.3 Å². The highest BCUT2D eigenvalue weighted by Gasteiger charge is 2.23. The van der Waals surface area contributed by atoms with Gasteiger partial charge in [0.15, 0.2) is 0 Å². The van der Waals surface area contributed by atoms with Crippen LogP contribution in [-0.4, -0.2) is 21.9 Å². The van der Waals surface area contributed by atoms with Gasteiger partial charge in [0.2, 0.25) is 0 Å². The predicted molar refractivity (Wildman–Crippen MR) is 105 cm³/mol. The van der Waals surface area contributed by atoms with E-state index in [9.17, 15) is 14.3 Å². The highest BCUT2D eigenvalue weighted by molar-refractivity contribution is 5.96. The largest absolute Gasteiger partial charge is 0.481 e. The van der Waals surface area contributed by atoms with Crippen LogP contribution in [0.25, 0.3) is 16.6 Å². The number of aryl methyl sites for hydroxylation is 1. The summed E-state index contributed by atoms with van der Waals surface area (Å²) >= 11 is 0. The minimum atomic E-state index is -2.40. The smallest absolute Gasteiger partial charge is 0.303 e. The van der Waals surface area contributed by atoms with Gasteiger partial charge in [-0.05, 0) is 65.4 Å². The maximum absolute atomic E-state index is 13.5. The molecular formula is C22H21FN2O2. The monoisotopic (exact) mass is 366 g/mol. The van der Waals surface area contributed by atoms with Gasteiger partial charge in [0, 0.05) is 32.1 Å². The molecule has 0 bridgehead atoms. The molecule has 0 aliphatic carbocycles. The second-order valence-electron chi connectivity index (χ2n) is 7.03. The maximum Gasteiger partial charge on any atom is 0.303 e. The quantitative estimate of drug-likeness (QED) is 0.702. The summed E-state index contributed by atoms with van der Waals surface area (Å²) in [7, 11) is 0. The SMILES string of the molecule is [2H]C([2H])(Cc1c(C(C)C)n(-c2ccc(F)cc2)c2cc3c(cc12)CN=C3)C(=O)O. The lowest BCUT2D eigenvalue weighted by atomic mass is 9.97. The lowest BCUT2D eigenvalue weighted by molar-refractivity contribution is -0.136. The number of carboxylic acid groups (broad SMARTS) is 1. The van der Waals surface area contributed by atoms with E-state index in [4.69, 9.17) is 2.74 Å². The molecule has 138 valence electrons. The molecule has 0 radical (unpaired) electrons. The summed E-state index contributed by atoms with van der Waals surface area (Å²) in [6.45, 7) is 4.53. The van der Waals surface area contributed by atoms with Gasteiger partial charge in [-0.1, -0.05) is 13.8 Å². The number of carbonyl (C=O) groups is 1. The number of rotatable bonds is 5. The van der Waals surface area contributed by atoms with Crippen LogP contribution in [0.4, 0.5) is 4.39 Å². The third-order valence-electron chi connectivity index (χ3n) is 4.91. The molecule has 0 atom stereocenters. The molecular weight excluding hydrogens is 343 g/mol. The van der Waals surface area contributed by atoms with E-state index >= 15 is 0 Å². The fourth-order valence-electron chi connectivity index (χ4n) is 3.80. The number of fused-ring (bicyclic) bond motifs is 2. The molecule has 0 spiro atoms. The lowest BCUT2D eigenvalue weighted by Crippen LogP contribution is -2.06. The van der Waals surface area contributed by atoms with Crippen molar-refractivity contribution < 1.29 is 17.0 Å². The number of halogens is 1. The first-order valence-corrected chi connectivity index (χ1v) is 8.88. The highest BCUT2D eigenvalue weighted by Crippen LogP contribution is 2.37. The molecule has 1 aliphatic heterocycles. The van der Waals surface area contributed by atoms with Crippen molar-refractivity contribution >= 4 is 23.1 Å². The first-order valence-electron chi connectivity index (χ1n) is 9.88. The Hall–Kier alpha value is -2.95. The van der Waals surface area contributed by atoms with Gasteiger partial charge >= 0.3 is 5.97 Å². The van der Waals surface area contributed by atoms with Crippen LogP contribution in [0.5, 0.6) is 0 Å². The second-order valence-corrected chi connectivity index (χ2v) is 7.03. The van der Waals surface area contributed by atoms with Crippen molar-refractivity contribution in [3.63, 3.8) is 0 Å². The number of carboxylic acids is 1. The van der Waals surface area contributed by atoms with Gasteiger partial charge in [-0.15, -0.1) is 0 Å². The van der Waals surface area contributed by atoms with Crippen molar-refractivity contribution in [3.8, 4) is 5.69 Å². The molecule has 2 heterocycles. The summed E-state index contributed by atoms with van der Waals surface area (Å²) in [6, 6.07) is 10.1. The van der Waals surface area contributed by atoms with Crippen molar-refractivity contribution in [2.75, 3.05) is 0 Å². The molecule has 0 saturated heterocycles. The van der Waals surface area contributed by atoms with E-state index in [0.717, 1.165) is 33.4 Å². The molecule has 5 heteroatoms. The molecule has 0 saturated carbocycles. The third-order valence-corrected chi connectivity index (χ3v) is 4.91. The highest BCUT2D eigenvalue weighted by atomic mass is 19.1. The maximum atomic E-state index is 13.5. The van der Waals surface area contributed by atoms with Crippen LogP contribution in [0.3, 0.4) is 0 Å². The number of nitrogens with zero attached hydrogens (tertiary/aromatic N) is 2. The Balaban J connectivity index is 2.07.